The summed E-state index contributed by atoms with van der Waals surface area (Å²) in [4.78, 5) is 30.8. The van der Waals surface area contributed by atoms with Crippen LogP contribution in [0.15, 0.2) is 52.7 Å². The Bertz CT molecular complexity index is 1040. The zero-order valence-corrected chi connectivity index (χ0v) is 14.1. The molecule has 0 radical (unpaired) electrons. The molecule has 0 unspecified atom stereocenters. The van der Waals surface area contributed by atoms with Crippen molar-refractivity contribution in [3.8, 4) is 5.82 Å². The van der Waals surface area contributed by atoms with Gasteiger partial charge in [-0.05, 0) is 42.7 Å². The summed E-state index contributed by atoms with van der Waals surface area (Å²) in [5.74, 6) is 1.91. The largest absolute Gasteiger partial charge is 0.316 e. The molecule has 0 spiro atoms. The molecule has 3 aliphatic carbocycles. The fourth-order valence-corrected chi connectivity index (χ4v) is 4.23. The van der Waals surface area contributed by atoms with Crippen LogP contribution in [0.25, 0.3) is 5.82 Å². The number of pyridine rings is 1. The molecule has 3 aromatic heterocycles. The Hall–Kier alpha value is -3.03. The molecule has 3 saturated carbocycles. The average molecular weight is 350 g/mol. The minimum Gasteiger partial charge on any atom is -0.306 e. The lowest BCUT2D eigenvalue weighted by Crippen LogP contribution is -2.42. The van der Waals surface area contributed by atoms with Crippen molar-refractivity contribution < 1.29 is 0 Å². The summed E-state index contributed by atoms with van der Waals surface area (Å²) in [5, 5.41) is 8.05. The summed E-state index contributed by atoms with van der Waals surface area (Å²) >= 11 is 0. The van der Waals surface area contributed by atoms with Gasteiger partial charge in [-0.15, -0.1) is 4.80 Å². The van der Waals surface area contributed by atoms with E-state index in [-0.39, 0.29) is 6.04 Å². The highest BCUT2D eigenvalue weighted by Gasteiger charge is 2.45. The third-order valence-corrected chi connectivity index (χ3v) is 5.62. The predicted molar refractivity (Wildman–Crippen MR) is 93.1 cm³/mol. The standard InChI is InChI=1S/C18H18N6O2/c25-17-18(26)23(15-9-13-7-14(15)8-13)6-5-22(17)11-12-1-2-16(19-10-12)24-20-3-4-21-24/h1-6,10,13-15H,7-9,11H2/t13?,14?,15-/m1/s1. The molecule has 1 atom stereocenters. The Morgan fingerprint density at radius 3 is 2.46 bits per heavy atom. The Labute approximate surface area is 148 Å². The molecule has 8 nitrogen and oxygen atoms in total. The Balaban J connectivity index is 1.40. The van der Waals surface area contributed by atoms with Crippen molar-refractivity contribution in [1.29, 1.82) is 0 Å². The zero-order chi connectivity index (χ0) is 17.7. The summed E-state index contributed by atoms with van der Waals surface area (Å²) in [5.41, 5.74) is -0.0620. The SMILES string of the molecule is O=c1c(=O)n([C@@H]2CC3CC2C3)ccn1Cc1ccc(-n2nccn2)nc1. The monoisotopic (exact) mass is 350 g/mol. The lowest BCUT2D eigenvalue weighted by molar-refractivity contribution is 0.272. The van der Waals surface area contributed by atoms with Crippen LogP contribution in [-0.4, -0.2) is 29.1 Å². The molecule has 26 heavy (non-hydrogen) atoms. The van der Waals surface area contributed by atoms with Crippen LogP contribution in [0, 0.1) is 11.8 Å². The van der Waals surface area contributed by atoms with E-state index >= 15 is 0 Å². The highest BCUT2D eigenvalue weighted by Crippen LogP contribution is 2.54. The molecule has 3 aliphatic rings. The molecule has 0 aromatic carbocycles. The Morgan fingerprint density at radius 2 is 1.81 bits per heavy atom. The van der Waals surface area contributed by atoms with Crippen molar-refractivity contribution in [2.45, 2.75) is 31.8 Å². The van der Waals surface area contributed by atoms with Gasteiger partial charge in [-0.3, -0.25) is 9.59 Å². The van der Waals surface area contributed by atoms with Gasteiger partial charge in [0.15, 0.2) is 5.82 Å². The molecule has 132 valence electrons. The first-order chi connectivity index (χ1) is 12.7. The second kappa shape index (κ2) is 5.76. The molecule has 0 saturated heterocycles. The van der Waals surface area contributed by atoms with Crippen LogP contribution in [-0.2, 0) is 6.54 Å². The van der Waals surface area contributed by atoms with Gasteiger partial charge in [-0.1, -0.05) is 6.07 Å². The quantitative estimate of drug-likeness (QED) is 0.655. The summed E-state index contributed by atoms with van der Waals surface area (Å²) in [6.07, 6.45) is 11.7. The average Bonchev–Trinajstić information content (AvgIpc) is 3.35. The predicted octanol–water partition coefficient (Wildman–Crippen LogP) is 1.00. The van der Waals surface area contributed by atoms with E-state index < -0.39 is 11.1 Å². The lowest BCUT2D eigenvalue weighted by atomic mass is 9.84. The van der Waals surface area contributed by atoms with Crippen LogP contribution < -0.4 is 11.1 Å². The van der Waals surface area contributed by atoms with Gasteiger partial charge in [0.25, 0.3) is 0 Å². The van der Waals surface area contributed by atoms with Crippen molar-refractivity contribution in [3.05, 3.63) is 69.4 Å². The topological polar surface area (TPSA) is 87.6 Å². The van der Waals surface area contributed by atoms with Crippen molar-refractivity contribution in [2.75, 3.05) is 0 Å². The van der Waals surface area contributed by atoms with Gasteiger partial charge in [-0.2, -0.15) is 10.2 Å². The Morgan fingerprint density at radius 1 is 1.00 bits per heavy atom. The number of fused-ring (bicyclic) bond motifs is 1. The van der Waals surface area contributed by atoms with E-state index in [1.165, 1.54) is 22.2 Å². The van der Waals surface area contributed by atoms with Crippen LogP contribution in [0.1, 0.15) is 30.9 Å². The minimum absolute atomic E-state index is 0.206. The van der Waals surface area contributed by atoms with Crippen LogP contribution in [0.2, 0.25) is 0 Å². The van der Waals surface area contributed by atoms with Gasteiger partial charge in [0, 0.05) is 24.6 Å². The van der Waals surface area contributed by atoms with Gasteiger partial charge in [0.1, 0.15) is 0 Å². The molecule has 0 aliphatic heterocycles. The third kappa shape index (κ3) is 2.40. The molecule has 3 heterocycles. The molecule has 2 bridgehead atoms. The maximum atomic E-state index is 12.5. The molecule has 0 N–H and O–H groups in total. The van der Waals surface area contributed by atoms with E-state index in [1.807, 2.05) is 6.07 Å². The highest BCUT2D eigenvalue weighted by atomic mass is 16.2. The second-order valence-electron chi connectivity index (χ2n) is 7.19. The van der Waals surface area contributed by atoms with Gasteiger partial charge in [0.05, 0.1) is 18.9 Å². The van der Waals surface area contributed by atoms with Crippen LogP contribution >= 0.6 is 0 Å². The van der Waals surface area contributed by atoms with Crippen molar-refractivity contribution in [1.82, 2.24) is 29.1 Å². The van der Waals surface area contributed by atoms with Gasteiger partial charge in [-0.25, -0.2) is 4.98 Å². The van der Waals surface area contributed by atoms with E-state index in [4.69, 9.17) is 0 Å². The smallest absolute Gasteiger partial charge is 0.306 e. The molecule has 8 heteroatoms. The highest BCUT2D eigenvalue weighted by molar-refractivity contribution is 5.23. The van der Waals surface area contributed by atoms with Crippen molar-refractivity contribution >= 4 is 0 Å². The van der Waals surface area contributed by atoms with Crippen molar-refractivity contribution in [3.63, 3.8) is 0 Å². The fourth-order valence-electron chi connectivity index (χ4n) is 4.23. The van der Waals surface area contributed by atoms with E-state index in [2.05, 4.69) is 15.2 Å². The third-order valence-electron chi connectivity index (χ3n) is 5.62. The van der Waals surface area contributed by atoms with Crippen LogP contribution in [0.3, 0.4) is 0 Å². The zero-order valence-electron chi connectivity index (χ0n) is 14.1. The van der Waals surface area contributed by atoms with Crippen LogP contribution in [0.4, 0.5) is 0 Å². The second-order valence-corrected chi connectivity index (χ2v) is 7.19. The normalized spacial score (nSPS) is 23.8. The maximum Gasteiger partial charge on any atom is 0.316 e. The van der Waals surface area contributed by atoms with E-state index in [1.54, 1.807) is 41.6 Å². The summed E-state index contributed by atoms with van der Waals surface area (Å²) in [6, 6.07) is 3.85. The molecule has 3 fully saturated rings. The molecular formula is C18H18N6O2. The maximum absolute atomic E-state index is 12.5. The lowest BCUT2D eigenvalue weighted by Gasteiger charge is -2.25. The number of nitrogens with zero attached hydrogens (tertiary/aromatic N) is 6. The minimum atomic E-state index is -0.477. The van der Waals surface area contributed by atoms with Gasteiger partial charge >= 0.3 is 11.1 Å². The van der Waals surface area contributed by atoms with Gasteiger partial charge < -0.3 is 9.13 Å². The molecular weight excluding hydrogens is 332 g/mol. The number of aromatic nitrogens is 6. The fraction of sp³-hybridized carbons (Fsp3) is 0.389. The molecule has 0 amide bonds. The number of hydrogen-bond acceptors (Lipinski definition) is 5. The van der Waals surface area contributed by atoms with E-state index in [9.17, 15) is 9.59 Å². The number of hydrogen-bond donors (Lipinski definition) is 0. The first-order valence-electron chi connectivity index (χ1n) is 8.82. The molecule has 3 aromatic rings. The molecule has 6 rings (SSSR count). The summed E-state index contributed by atoms with van der Waals surface area (Å²) < 4.78 is 3.10. The van der Waals surface area contributed by atoms with Gasteiger partial charge in [0.2, 0.25) is 0 Å². The first-order valence-corrected chi connectivity index (χ1v) is 8.82. The number of rotatable bonds is 4. The Kier molecular flexibility index (Phi) is 3.37. The van der Waals surface area contributed by atoms with Crippen LogP contribution in [0.5, 0.6) is 0 Å². The first kappa shape index (κ1) is 15.2. The van der Waals surface area contributed by atoms with Crippen molar-refractivity contribution in [2.24, 2.45) is 11.8 Å². The summed E-state index contributed by atoms with van der Waals surface area (Å²) in [6.45, 7) is 0.311. The van der Waals surface area contributed by atoms with E-state index in [0.717, 1.165) is 17.9 Å². The van der Waals surface area contributed by atoms with E-state index in [0.29, 0.717) is 18.3 Å². The summed E-state index contributed by atoms with van der Waals surface area (Å²) in [7, 11) is 0.